The number of ketones is 1. The maximum atomic E-state index is 14.6. The number of imidazole rings is 1. The van der Waals surface area contributed by atoms with Crippen LogP contribution in [0.25, 0.3) is 11.2 Å². The van der Waals surface area contributed by atoms with Crippen LogP contribution < -0.4 is 10.4 Å². The van der Waals surface area contributed by atoms with E-state index < -0.39 is 17.1 Å². The molecule has 7 rings (SSSR count). The van der Waals surface area contributed by atoms with Gasteiger partial charge in [0.2, 0.25) is 5.88 Å². The molecule has 2 aromatic heterocycles. The van der Waals surface area contributed by atoms with Crippen molar-refractivity contribution in [2.24, 2.45) is 23.5 Å². The molecule has 1 unspecified atom stereocenters. The van der Waals surface area contributed by atoms with Gasteiger partial charge in [-0.05, 0) is 52.5 Å². The third-order valence-corrected chi connectivity index (χ3v) is 11.3. The van der Waals surface area contributed by atoms with Crippen LogP contribution in [0.3, 0.4) is 0 Å². The number of hydrogen-bond donors (Lipinski definition) is 1. The zero-order valence-electron chi connectivity index (χ0n) is 27.3. The molecule has 0 radical (unpaired) electrons. The summed E-state index contributed by atoms with van der Waals surface area (Å²) >= 11 is 0. The van der Waals surface area contributed by atoms with Crippen molar-refractivity contribution in [2.45, 2.75) is 94.8 Å². The van der Waals surface area contributed by atoms with Gasteiger partial charge < -0.3 is 28.9 Å². The Hall–Kier alpha value is -2.91. The van der Waals surface area contributed by atoms with E-state index in [1.54, 1.807) is 18.7 Å². The van der Waals surface area contributed by atoms with Crippen molar-refractivity contribution in [1.82, 2.24) is 24.0 Å². The highest BCUT2D eigenvalue weighted by Crippen LogP contribution is 2.56. The van der Waals surface area contributed by atoms with E-state index in [0.717, 1.165) is 32.2 Å². The van der Waals surface area contributed by atoms with Crippen molar-refractivity contribution in [1.29, 1.82) is 0 Å². The standard InChI is InChI=1S/C32H46N6O8/c1-19(24-22(42-4)9-14-36(24)2)46-29-25-28(38(30(40)37(25)3)20-10-15-43-18-20)33-27(34-29)23(35-41)21-8-7-12-31(26(21)39)11-5-6-13-32(31)44-16-17-45-32/h19-22,24,41H,5-18H2,1-4H3/b35-23-/t19-,20+,21?,22-,24+,31-/m0/s1. The molecule has 1 N–H and O–H groups in total. The molecule has 46 heavy (non-hydrogen) atoms. The summed E-state index contributed by atoms with van der Waals surface area (Å²) in [6.45, 7) is 4.64. The van der Waals surface area contributed by atoms with Gasteiger partial charge in [-0.2, -0.15) is 4.98 Å². The molecule has 3 saturated heterocycles. The molecule has 2 aliphatic carbocycles. The van der Waals surface area contributed by atoms with Crippen molar-refractivity contribution >= 4 is 22.7 Å². The third-order valence-electron chi connectivity index (χ3n) is 11.3. The zero-order valence-corrected chi connectivity index (χ0v) is 27.3. The van der Waals surface area contributed by atoms with Gasteiger partial charge in [-0.1, -0.05) is 18.0 Å². The first kappa shape index (κ1) is 31.7. The number of nitrogens with zero attached hydrogens (tertiary/aromatic N) is 6. The second-order valence-electron chi connectivity index (χ2n) is 13.6. The van der Waals surface area contributed by atoms with E-state index in [-0.39, 0.29) is 53.2 Å². The number of rotatable bonds is 7. The molecule has 5 heterocycles. The van der Waals surface area contributed by atoms with Crippen LogP contribution in [0.15, 0.2) is 9.95 Å². The molecule has 0 bridgehead atoms. The van der Waals surface area contributed by atoms with Crippen molar-refractivity contribution in [3.8, 4) is 5.88 Å². The molecule has 2 saturated carbocycles. The smallest absolute Gasteiger partial charge is 0.330 e. The maximum absolute atomic E-state index is 14.6. The summed E-state index contributed by atoms with van der Waals surface area (Å²) in [4.78, 5) is 40.3. The highest BCUT2D eigenvalue weighted by Gasteiger charge is 2.63. The normalized spacial score (nSPS) is 32.7. The Morgan fingerprint density at radius 1 is 1.04 bits per heavy atom. The minimum absolute atomic E-state index is 0.0330. The van der Waals surface area contributed by atoms with E-state index >= 15 is 0 Å². The topological polar surface area (TPSA) is 152 Å². The van der Waals surface area contributed by atoms with Gasteiger partial charge in [0.25, 0.3) is 0 Å². The Morgan fingerprint density at radius 3 is 2.52 bits per heavy atom. The minimum Gasteiger partial charge on any atom is -0.471 e. The van der Waals surface area contributed by atoms with Crippen molar-refractivity contribution in [3.05, 3.63) is 16.3 Å². The maximum Gasteiger partial charge on any atom is 0.330 e. The number of Topliss-reactive ketones (excluding diaryl/α,β-unsaturated/α-hetero) is 1. The Bertz CT molecular complexity index is 1560. The molecule has 3 aliphatic heterocycles. The lowest BCUT2D eigenvalue weighted by Gasteiger charge is -2.52. The number of carbonyl (C=O) groups excluding carboxylic acids is 1. The van der Waals surface area contributed by atoms with Crippen molar-refractivity contribution in [3.63, 3.8) is 0 Å². The van der Waals surface area contributed by atoms with Gasteiger partial charge in [0.15, 0.2) is 28.6 Å². The van der Waals surface area contributed by atoms with E-state index in [1.165, 1.54) is 4.57 Å². The van der Waals surface area contributed by atoms with E-state index in [0.29, 0.717) is 69.7 Å². The molecule has 5 aliphatic rings. The first-order chi connectivity index (χ1) is 22.2. The fraction of sp³-hybridized carbons (Fsp3) is 0.781. The lowest BCUT2D eigenvalue weighted by molar-refractivity contribution is -0.255. The Kier molecular flexibility index (Phi) is 8.45. The molecule has 0 aromatic carbocycles. The second kappa shape index (κ2) is 12.3. The van der Waals surface area contributed by atoms with Gasteiger partial charge in [-0.25, -0.2) is 9.78 Å². The lowest BCUT2D eigenvalue weighted by Crippen LogP contribution is -2.60. The quantitative estimate of drug-likeness (QED) is 0.269. The number of methoxy groups -OCH3 is 1. The number of aromatic nitrogens is 4. The highest BCUT2D eigenvalue weighted by atomic mass is 16.7. The number of fused-ring (bicyclic) bond motifs is 2. The average Bonchev–Trinajstić information content (AvgIpc) is 3.86. The van der Waals surface area contributed by atoms with Gasteiger partial charge in [-0.3, -0.25) is 18.8 Å². The van der Waals surface area contributed by atoms with Crippen LogP contribution in [-0.2, 0) is 30.8 Å². The van der Waals surface area contributed by atoms with E-state index in [1.807, 2.05) is 14.0 Å². The summed E-state index contributed by atoms with van der Waals surface area (Å²) in [6, 6.07) is -0.281. The lowest BCUT2D eigenvalue weighted by atomic mass is 9.57. The molecule has 0 amide bonds. The first-order valence-corrected chi connectivity index (χ1v) is 16.8. The number of likely N-dealkylation sites (N-methyl/N-ethyl adjacent to an activating group) is 1. The number of oxime groups is 1. The fourth-order valence-electron chi connectivity index (χ4n) is 9.02. The van der Waals surface area contributed by atoms with Gasteiger partial charge in [-0.15, -0.1) is 0 Å². The first-order valence-electron chi connectivity index (χ1n) is 16.8. The number of ether oxygens (including phenoxy) is 5. The van der Waals surface area contributed by atoms with Gasteiger partial charge in [0.1, 0.15) is 11.8 Å². The molecule has 14 nitrogen and oxygen atoms in total. The molecule has 2 aromatic rings. The molecule has 6 atom stereocenters. The molecular formula is C32H46N6O8. The van der Waals surface area contributed by atoms with Crippen LogP contribution in [0.2, 0.25) is 0 Å². The van der Waals surface area contributed by atoms with Crippen LogP contribution in [0.5, 0.6) is 5.88 Å². The van der Waals surface area contributed by atoms with Gasteiger partial charge in [0.05, 0.1) is 49.3 Å². The Morgan fingerprint density at radius 2 is 1.80 bits per heavy atom. The number of carbonyl (C=O) groups is 1. The van der Waals surface area contributed by atoms with Crippen molar-refractivity contribution < 1.29 is 33.7 Å². The Balaban J connectivity index is 1.33. The number of aryl methyl sites for hydroxylation is 1. The molecule has 252 valence electrons. The molecule has 5 fully saturated rings. The summed E-state index contributed by atoms with van der Waals surface area (Å²) in [6.07, 6.45) is 6.12. The van der Waals surface area contributed by atoms with Crippen LogP contribution in [0.1, 0.15) is 76.6 Å². The van der Waals surface area contributed by atoms with Crippen LogP contribution in [0, 0.1) is 11.3 Å². The zero-order chi connectivity index (χ0) is 32.2. The summed E-state index contributed by atoms with van der Waals surface area (Å²) in [7, 11) is 5.42. The summed E-state index contributed by atoms with van der Waals surface area (Å²) in [5, 5.41) is 14.3. The monoisotopic (exact) mass is 642 g/mol. The van der Waals surface area contributed by atoms with Crippen molar-refractivity contribution in [2.75, 3.05) is 47.1 Å². The van der Waals surface area contributed by atoms with Gasteiger partial charge in [0, 0.05) is 33.7 Å². The van der Waals surface area contributed by atoms with Crippen LogP contribution in [-0.4, -0.2) is 112 Å². The fourth-order valence-corrected chi connectivity index (χ4v) is 9.02. The highest BCUT2D eigenvalue weighted by molar-refractivity contribution is 6.14. The third kappa shape index (κ3) is 4.82. The SMILES string of the molecule is CO[C@H]1CCN(C)[C@@H]1[C@H](C)Oc1nc(/C(=N\O)C2CCC[C@@]3(CCCCC34OCCO4)C2=O)nc2c1n(C)c(=O)n2[C@@H]1CCOC1. The van der Waals surface area contributed by atoms with Crippen LogP contribution in [0.4, 0.5) is 0 Å². The average molecular weight is 643 g/mol. The number of hydrogen-bond acceptors (Lipinski definition) is 12. The molecule has 2 spiro atoms. The minimum atomic E-state index is -0.955. The predicted molar refractivity (Wildman–Crippen MR) is 165 cm³/mol. The molecule has 14 heteroatoms. The van der Waals surface area contributed by atoms with Gasteiger partial charge >= 0.3 is 5.69 Å². The van der Waals surface area contributed by atoms with E-state index in [4.69, 9.17) is 33.7 Å². The summed E-state index contributed by atoms with van der Waals surface area (Å²) < 4.78 is 33.6. The summed E-state index contributed by atoms with van der Waals surface area (Å²) in [5.41, 5.74) is -0.243. The largest absolute Gasteiger partial charge is 0.471 e. The second-order valence-corrected chi connectivity index (χ2v) is 13.6. The predicted octanol–water partition coefficient (Wildman–Crippen LogP) is 2.43. The van der Waals surface area contributed by atoms with E-state index in [2.05, 4.69) is 10.1 Å². The molecular weight excluding hydrogens is 596 g/mol. The van der Waals surface area contributed by atoms with E-state index in [9.17, 15) is 14.8 Å². The summed E-state index contributed by atoms with van der Waals surface area (Å²) in [5.74, 6) is -1.54. The Labute approximate surface area is 268 Å². The van der Waals surface area contributed by atoms with Crippen LogP contribution >= 0.6 is 0 Å². The number of likely N-dealkylation sites (tertiary alicyclic amines) is 1.